The summed E-state index contributed by atoms with van der Waals surface area (Å²) in [5.41, 5.74) is 2.52. The van der Waals surface area contributed by atoms with E-state index in [-0.39, 0.29) is 0 Å². The van der Waals surface area contributed by atoms with Crippen molar-refractivity contribution in [3.63, 3.8) is 0 Å². The molecule has 0 aliphatic carbocycles. The molecule has 0 bridgehead atoms. The van der Waals surface area contributed by atoms with Crippen LogP contribution in [0.25, 0.3) is 0 Å². The van der Waals surface area contributed by atoms with Gasteiger partial charge in [-0.3, -0.25) is 0 Å². The summed E-state index contributed by atoms with van der Waals surface area (Å²) in [6, 6.07) is 16.8. The van der Waals surface area contributed by atoms with E-state index in [1.807, 2.05) is 6.07 Å². The lowest BCUT2D eigenvalue weighted by Gasteiger charge is -2.07. The number of benzene rings is 2. The first kappa shape index (κ1) is 16.1. The molecule has 3 nitrogen and oxygen atoms in total. The highest BCUT2D eigenvalue weighted by Crippen LogP contribution is 2.13. The second-order valence-corrected chi connectivity index (χ2v) is 7.62. The normalized spacial score (nSPS) is 11.5. The van der Waals surface area contributed by atoms with Crippen molar-refractivity contribution in [2.75, 3.05) is 12.3 Å². The summed E-state index contributed by atoms with van der Waals surface area (Å²) in [5.74, 6) is 1.65. The van der Waals surface area contributed by atoms with Crippen LogP contribution in [0.5, 0.6) is 0 Å². The third-order valence-corrected chi connectivity index (χ3v) is 5.45. The van der Waals surface area contributed by atoms with Crippen molar-refractivity contribution in [2.24, 2.45) is 0 Å². The molecule has 0 atom stereocenters. The van der Waals surface area contributed by atoms with Crippen molar-refractivity contribution >= 4 is 21.8 Å². The largest absolute Gasteiger partial charge is 0.240 e. The van der Waals surface area contributed by atoms with Gasteiger partial charge in [0.15, 0.2) is 0 Å². The van der Waals surface area contributed by atoms with E-state index in [1.165, 1.54) is 11.1 Å². The summed E-state index contributed by atoms with van der Waals surface area (Å²) in [6.45, 7) is 2.51. The third-order valence-electron chi connectivity index (χ3n) is 2.94. The molecule has 0 aromatic heterocycles. The molecular formula is C16H19NO2S2. The second-order valence-electron chi connectivity index (χ2n) is 4.75. The number of nitrogens with one attached hydrogen (secondary N) is 1. The molecule has 112 valence electrons. The van der Waals surface area contributed by atoms with Crippen LogP contribution in [0.1, 0.15) is 11.1 Å². The summed E-state index contributed by atoms with van der Waals surface area (Å²) in [7, 11) is -3.38. The van der Waals surface area contributed by atoms with Crippen LogP contribution in [-0.4, -0.2) is 20.7 Å². The predicted molar refractivity (Wildman–Crippen MR) is 89.0 cm³/mol. The molecule has 0 aliphatic heterocycles. The van der Waals surface area contributed by atoms with Gasteiger partial charge in [0.1, 0.15) is 0 Å². The van der Waals surface area contributed by atoms with Crippen LogP contribution in [0.3, 0.4) is 0 Å². The number of rotatable bonds is 7. The number of hydrogen-bond donors (Lipinski definition) is 1. The maximum atomic E-state index is 12.0. The van der Waals surface area contributed by atoms with Crippen LogP contribution in [0, 0.1) is 6.92 Å². The summed E-state index contributed by atoms with van der Waals surface area (Å²) in [4.78, 5) is 0.314. The molecule has 0 fully saturated rings. The van der Waals surface area contributed by atoms with Crippen molar-refractivity contribution in [3.8, 4) is 0 Å². The zero-order valence-corrected chi connectivity index (χ0v) is 13.6. The molecule has 0 radical (unpaired) electrons. The number of aryl methyl sites for hydroxylation is 1. The van der Waals surface area contributed by atoms with Crippen molar-refractivity contribution in [2.45, 2.75) is 17.6 Å². The van der Waals surface area contributed by atoms with Crippen LogP contribution < -0.4 is 4.72 Å². The molecule has 1 N–H and O–H groups in total. The zero-order chi connectivity index (χ0) is 15.1. The fourth-order valence-electron chi connectivity index (χ4n) is 1.92. The maximum Gasteiger partial charge on any atom is 0.240 e. The predicted octanol–water partition coefficient (Wildman–Crippen LogP) is 3.21. The fourth-order valence-corrected chi connectivity index (χ4v) is 3.91. The summed E-state index contributed by atoms with van der Waals surface area (Å²) >= 11 is 1.72. The quantitative estimate of drug-likeness (QED) is 0.797. The molecule has 0 saturated heterocycles. The molecule has 5 heteroatoms. The Morgan fingerprint density at radius 2 is 1.81 bits per heavy atom. The van der Waals surface area contributed by atoms with Crippen LogP contribution in [0.4, 0.5) is 0 Å². The van der Waals surface area contributed by atoms with Gasteiger partial charge in [-0.15, -0.1) is 0 Å². The number of thioether (sulfide) groups is 1. The lowest BCUT2D eigenvalue weighted by molar-refractivity contribution is 0.584. The molecule has 0 saturated carbocycles. The van der Waals surface area contributed by atoms with Gasteiger partial charge in [-0.25, -0.2) is 13.1 Å². The first-order chi connectivity index (χ1) is 10.1. The summed E-state index contributed by atoms with van der Waals surface area (Å²) < 4.78 is 26.6. The van der Waals surface area contributed by atoms with Gasteiger partial charge in [0.2, 0.25) is 10.0 Å². The molecule has 0 amide bonds. The fraction of sp³-hybridized carbons (Fsp3) is 0.250. The van der Waals surface area contributed by atoms with Crippen LogP contribution in [0.15, 0.2) is 59.5 Å². The second kappa shape index (κ2) is 7.64. The van der Waals surface area contributed by atoms with Gasteiger partial charge in [0, 0.05) is 18.1 Å². The molecular weight excluding hydrogens is 302 g/mol. The first-order valence-electron chi connectivity index (χ1n) is 6.76. The Morgan fingerprint density at radius 1 is 1.05 bits per heavy atom. The van der Waals surface area contributed by atoms with E-state index >= 15 is 0 Å². The molecule has 0 heterocycles. The Balaban J connectivity index is 1.75. The Hall–Kier alpha value is -1.30. The molecule has 0 unspecified atom stereocenters. The van der Waals surface area contributed by atoms with E-state index in [0.29, 0.717) is 11.4 Å². The van der Waals surface area contributed by atoms with E-state index in [4.69, 9.17) is 0 Å². The average molecular weight is 321 g/mol. The Labute approximate surface area is 130 Å². The number of hydrogen-bond acceptors (Lipinski definition) is 3. The minimum Gasteiger partial charge on any atom is -0.210 e. The van der Waals surface area contributed by atoms with Crippen LogP contribution >= 0.6 is 11.8 Å². The molecule has 2 rings (SSSR count). The highest BCUT2D eigenvalue weighted by Gasteiger charge is 2.11. The van der Waals surface area contributed by atoms with E-state index in [2.05, 4.69) is 29.8 Å². The van der Waals surface area contributed by atoms with Crippen molar-refractivity contribution in [3.05, 3.63) is 65.7 Å². The zero-order valence-electron chi connectivity index (χ0n) is 12.0. The summed E-state index contributed by atoms with van der Waals surface area (Å²) in [6.07, 6.45) is 0. The minimum absolute atomic E-state index is 0.314. The SMILES string of the molecule is Cc1cccc(CSCCNS(=O)(=O)c2ccccc2)c1. The lowest BCUT2D eigenvalue weighted by Crippen LogP contribution is -2.26. The van der Waals surface area contributed by atoms with E-state index < -0.39 is 10.0 Å². The number of sulfonamides is 1. The molecule has 0 spiro atoms. The van der Waals surface area contributed by atoms with Gasteiger partial charge in [-0.05, 0) is 24.6 Å². The molecule has 21 heavy (non-hydrogen) atoms. The Kier molecular flexibility index (Phi) is 5.85. The monoisotopic (exact) mass is 321 g/mol. The van der Waals surface area contributed by atoms with Gasteiger partial charge in [0.05, 0.1) is 4.90 Å². The Bertz CT molecular complexity index is 670. The Morgan fingerprint density at radius 3 is 2.52 bits per heavy atom. The maximum absolute atomic E-state index is 12.0. The third kappa shape index (κ3) is 5.19. The van der Waals surface area contributed by atoms with Crippen LogP contribution in [0.2, 0.25) is 0 Å². The van der Waals surface area contributed by atoms with E-state index in [1.54, 1.807) is 42.1 Å². The standard InChI is InChI=1S/C16H19NO2S2/c1-14-6-5-7-15(12-14)13-20-11-10-17-21(18,19)16-8-3-2-4-9-16/h2-9,12,17H,10-11,13H2,1H3. The van der Waals surface area contributed by atoms with E-state index in [0.717, 1.165) is 11.5 Å². The average Bonchev–Trinajstić information content (AvgIpc) is 2.48. The van der Waals surface area contributed by atoms with Crippen molar-refractivity contribution < 1.29 is 8.42 Å². The topological polar surface area (TPSA) is 46.2 Å². The molecule has 0 aliphatic rings. The van der Waals surface area contributed by atoms with Crippen molar-refractivity contribution in [1.82, 2.24) is 4.72 Å². The molecule has 2 aromatic carbocycles. The first-order valence-corrected chi connectivity index (χ1v) is 9.40. The lowest BCUT2D eigenvalue weighted by atomic mass is 10.2. The van der Waals surface area contributed by atoms with E-state index in [9.17, 15) is 8.42 Å². The minimum atomic E-state index is -3.38. The van der Waals surface area contributed by atoms with Gasteiger partial charge in [-0.2, -0.15) is 11.8 Å². The van der Waals surface area contributed by atoms with Crippen LogP contribution in [-0.2, 0) is 15.8 Å². The van der Waals surface area contributed by atoms with Gasteiger partial charge < -0.3 is 0 Å². The smallest absolute Gasteiger partial charge is 0.210 e. The summed E-state index contributed by atoms with van der Waals surface area (Å²) in [5, 5.41) is 0. The highest BCUT2D eigenvalue weighted by atomic mass is 32.2. The van der Waals surface area contributed by atoms with Crippen molar-refractivity contribution in [1.29, 1.82) is 0 Å². The molecule has 2 aromatic rings. The van der Waals surface area contributed by atoms with Gasteiger partial charge in [-0.1, -0.05) is 48.0 Å². The van der Waals surface area contributed by atoms with Gasteiger partial charge >= 0.3 is 0 Å². The van der Waals surface area contributed by atoms with Gasteiger partial charge in [0.25, 0.3) is 0 Å². The highest BCUT2D eigenvalue weighted by molar-refractivity contribution is 7.98.